The summed E-state index contributed by atoms with van der Waals surface area (Å²) in [6, 6.07) is 12.4. The van der Waals surface area contributed by atoms with Gasteiger partial charge in [-0.1, -0.05) is 24.3 Å². The van der Waals surface area contributed by atoms with Crippen molar-refractivity contribution in [2.24, 2.45) is 0 Å². The lowest BCUT2D eigenvalue weighted by atomic mass is 10.1. The number of alkyl halides is 3. The van der Waals surface area contributed by atoms with Crippen LogP contribution in [0, 0.1) is 13.8 Å². The van der Waals surface area contributed by atoms with Crippen molar-refractivity contribution >= 4 is 11.0 Å². The topological polar surface area (TPSA) is 27.1 Å². The van der Waals surface area contributed by atoms with E-state index in [1.165, 1.54) is 4.57 Å². The maximum absolute atomic E-state index is 13.2. The molecule has 0 atom stereocenters. The predicted molar refractivity (Wildman–Crippen MR) is 86.1 cm³/mol. The highest BCUT2D eigenvalue weighted by Gasteiger charge is 2.37. The molecule has 1 aromatic heterocycles. The van der Waals surface area contributed by atoms with Crippen molar-refractivity contribution in [2.45, 2.75) is 26.6 Å². The molecule has 0 aliphatic rings. The number of para-hydroxylation sites is 2. The molecule has 0 spiro atoms. The molecule has 3 aromatic rings. The van der Waals surface area contributed by atoms with Gasteiger partial charge in [0.15, 0.2) is 0 Å². The van der Waals surface area contributed by atoms with Crippen molar-refractivity contribution in [1.82, 2.24) is 9.55 Å². The molecule has 0 bridgehead atoms. The smallest absolute Gasteiger partial charge is 0.449 e. The third kappa shape index (κ3) is 3.22. The number of hydrogen-bond acceptors (Lipinski definition) is 2. The van der Waals surface area contributed by atoms with Crippen molar-refractivity contribution < 1.29 is 17.9 Å². The first-order valence-corrected chi connectivity index (χ1v) is 7.59. The van der Waals surface area contributed by atoms with E-state index in [1.54, 1.807) is 24.3 Å². The molecular weight excluding hydrogens is 317 g/mol. The fourth-order valence-electron chi connectivity index (χ4n) is 2.63. The first kappa shape index (κ1) is 16.4. The lowest BCUT2D eigenvalue weighted by Crippen LogP contribution is -2.18. The minimum Gasteiger partial charge on any atom is -0.491 e. The van der Waals surface area contributed by atoms with Crippen LogP contribution in [-0.2, 0) is 12.7 Å². The van der Waals surface area contributed by atoms with Gasteiger partial charge in [0, 0.05) is 0 Å². The molecule has 0 unspecified atom stereocenters. The molecule has 126 valence electrons. The lowest BCUT2D eigenvalue weighted by molar-refractivity contribution is -0.147. The molecule has 0 saturated carbocycles. The second-order valence-electron chi connectivity index (χ2n) is 5.69. The van der Waals surface area contributed by atoms with Crippen LogP contribution in [0.1, 0.15) is 17.0 Å². The van der Waals surface area contributed by atoms with Gasteiger partial charge in [-0.05, 0) is 43.2 Å². The SMILES string of the molecule is Cc1ccc(C)c(OCCn2c(C(F)(F)F)nc3ccccc32)c1. The van der Waals surface area contributed by atoms with E-state index in [4.69, 9.17) is 4.74 Å². The summed E-state index contributed by atoms with van der Waals surface area (Å²) in [5.74, 6) is -0.207. The summed E-state index contributed by atoms with van der Waals surface area (Å²) >= 11 is 0. The second kappa shape index (κ2) is 6.19. The molecule has 0 amide bonds. The van der Waals surface area contributed by atoms with Crippen LogP contribution in [0.4, 0.5) is 13.2 Å². The second-order valence-corrected chi connectivity index (χ2v) is 5.69. The van der Waals surface area contributed by atoms with Crippen LogP contribution in [-0.4, -0.2) is 16.2 Å². The van der Waals surface area contributed by atoms with Crippen LogP contribution >= 0.6 is 0 Å². The van der Waals surface area contributed by atoms with E-state index < -0.39 is 12.0 Å². The highest BCUT2D eigenvalue weighted by Crippen LogP contribution is 2.31. The molecule has 0 aliphatic carbocycles. The third-order valence-corrected chi connectivity index (χ3v) is 3.82. The molecule has 0 N–H and O–H groups in total. The van der Waals surface area contributed by atoms with Crippen molar-refractivity contribution in [3.8, 4) is 5.75 Å². The van der Waals surface area contributed by atoms with E-state index in [0.717, 1.165) is 11.1 Å². The van der Waals surface area contributed by atoms with Crippen LogP contribution in [0.15, 0.2) is 42.5 Å². The van der Waals surface area contributed by atoms with Crippen LogP contribution in [0.5, 0.6) is 5.75 Å². The predicted octanol–water partition coefficient (Wildman–Crippen LogP) is 4.75. The molecular formula is C18H17F3N2O. The summed E-state index contributed by atoms with van der Waals surface area (Å²) in [5, 5.41) is 0. The third-order valence-electron chi connectivity index (χ3n) is 3.82. The maximum Gasteiger partial charge on any atom is 0.449 e. The van der Waals surface area contributed by atoms with Gasteiger partial charge < -0.3 is 9.30 Å². The Kier molecular flexibility index (Phi) is 4.22. The van der Waals surface area contributed by atoms with Gasteiger partial charge in [-0.2, -0.15) is 13.2 Å². The fourth-order valence-corrected chi connectivity index (χ4v) is 2.63. The Morgan fingerprint density at radius 2 is 1.83 bits per heavy atom. The molecule has 0 radical (unpaired) electrons. The van der Waals surface area contributed by atoms with Gasteiger partial charge in [0.25, 0.3) is 0 Å². The number of nitrogens with zero attached hydrogens (tertiary/aromatic N) is 2. The number of aryl methyl sites for hydroxylation is 2. The summed E-state index contributed by atoms with van der Waals surface area (Å²) in [4.78, 5) is 3.72. The normalized spacial score (nSPS) is 11.9. The molecule has 1 heterocycles. The number of aromatic nitrogens is 2. The summed E-state index contributed by atoms with van der Waals surface area (Å²) in [6.07, 6.45) is -4.50. The summed E-state index contributed by atoms with van der Waals surface area (Å²) in [6.45, 7) is 4.05. The number of halogens is 3. The number of fused-ring (bicyclic) bond motifs is 1. The number of benzene rings is 2. The monoisotopic (exact) mass is 334 g/mol. The zero-order valence-corrected chi connectivity index (χ0v) is 13.4. The minimum absolute atomic E-state index is 0.0722. The fraction of sp³-hybridized carbons (Fsp3) is 0.278. The van der Waals surface area contributed by atoms with Crippen LogP contribution in [0.2, 0.25) is 0 Å². The van der Waals surface area contributed by atoms with E-state index in [0.29, 0.717) is 16.8 Å². The highest BCUT2D eigenvalue weighted by atomic mass is 19.4. The van der Waals surface area contributed by atoms with E-state index in [2.05, 4.69) is 4.98 Å². The minimum atomic E-state index is -4.50. The standard InChI is InChI=1S/C18H17F3N2O/c1-12-7-8-13(2)16(11-12)24-10-9-23-15-6-4-3-5-14(15)22-17(23)18(19,20)21/h3-8,11H,9-10H2,1-2H3. The van der Waals surface area contributed by atoms with E-state index >= 15 is 0 Å². The maximum atomic E-state index is 13.2. The molecule has 3 nitrogen and oxygen atoms in total. The van der Waals surface area contributed by atoms with E-state index in [-0.39, 0.29) is 13.2 Å². The average molecular weight is 334 g/mol. The van der Waals surface area contributed by atoms with Gasteiger partial charge in [-0.3, -0.25) is 0 Å². The Bertz CT molecular complexity index is 868. The van der Waals surface area contributed by atoms with Crippen LogP contribution in [0.3, 0.4) is 0 Å². The molecule has 2 aromatic carbocycles. The quantitative estimate of drug-likeness (QED) is 0.688. The highest BCUT2D eigenvalue weighted by molar-refractivity contribution is 5.76. The van der Waals surface area contributed by atoms with Crippen molar-refractivity contribution in [3.05, 3.63) is 59.4 Å². The van der Waals surface area contributed by atoms with Gasteiger partial charge in [0.05, 0.1) is 17.6 Å². The van der Waals surface area contributed by atoms with Crippen molar-refractivity contribution in [3.63, 3.8) is 0 Å². The van der Waals surface area contributed by atoms with Crippen LogP contribution < -0.4 is 4.74 Å². The number of hydrogen-bond donors (Lipinski definition) is 0. The van der Waals surface area contributed by atoms with E-state index in [1.807, 2.05) is 32.0 Å². The average Bonchev–Trinajstić information content (AvgIpc) is 2.90. The van der Waals surface area contributed by atoms with Gasteiger partial charge in [0.1, 0.15) is 12.4 Å². The summed E-state index contributed by atoms with van der Waals surface area (Å²) in [7, 11) is 0. The Labute approximate surface area is 137 Å². The summed E-state index contributed by atoms with van der Waals surface area (Å²) < 4.78 is 46.5. The van der Waals surface area contributed by atoms with E-state index in [9.17, 15) is 13.2 Å². The van der Waals surface area contributed by atoms with Gasteiger partial charge >= 0.3 is 6.18 Å². The van der Waals surface area contributed by atoms with Crippen LogP contribution in [0.25, 0.3) is 11.0 Å². The number of rotatable bonds is 4. The van der Waals surface area contributed by atoms with Gasteiger partial charge in [-0.25, -0.2) is 4.98 Å². The van der Waals surface area contributed by atoms with Gasteiger partial charge in [0.2, 0.25) is 5.82 Å². The molecule has 0 aliphatic heterocycles. The Balaban J connectivity index is 1.85. The number of imidazole rings is 1. The Hall–Kier alpha value is -2.50. The lowest BCUT2D eigenvalue weighted by Gasteiger charge is -2.13. The van der Waals surface area contributed by atoms with Crippen molar-refractivity contribution in [2.75, 3.05) is 6.61 Å². The molecule has 0 fully saturated rings. The Morgan fingerprint density at radius 1 is 1.08 bits per heavy atom. The Morgan fingerprint density at radius 3 is 2.58 bits per heavy atom. The van der Waals surface area contributed by atoms with Crippen molar-refractivity contribution in [1.29, 1.82) is 0 Å². The molecule has 24 heavy (non-hydrogen) atoms. The number of ether oxygens (including phenoxy) is 1. The first-order chi connectivity index (χ1) is 11.4. The largest absolute Gasteiger partial charge is 0.491 e. The molecule has 3 rings (SSSR count). The first-order valence-electron chi connectivity index (χ1n) is 7.59. The molecule has 0 saturated heterocycles. The zero-order valence-electron chi connectivity index (χ0n) is 13.4. The zero-order chi connectivity index (χ0) is 17.3. The summed E-state index contributed by atoms with van der Waals surface area (Å²) in [5.41, 5.74) is 2.78. The van der Waals surface area contributed by atoms with Gasteiger partial charge in [-0.15, -0.1) is 0 Å². The molecule has 6 heteroatoms.